The Balaban J connectivity index is 1.69. The van der Waals surface area contributed by atoms with Crippen LogP contribution in [0.3, 0.4) is 0 Å². The minimum absolute atomic E-state index is 0.231. The molecule has 23 heavy (non-hydrogen) atoms. The molecule has 120 valence electrons. The number of hydrogen-bond acceptors (Lipinski definition) is 4. The van der Waals surface area contributed by atoms with Crippen LogP contribution in [0.1, 0.15) is 24.3 Å². The second-order valence-corrected chi connectivity index (χ2v) is 5.75. The van der Waals surface area contributed by atoms with Crippen molar-refractivity contribution in [1.29, 1.82) is 0 Å². The SMILES string of the molecule is O=[N+]([O-])c1ccc(N2CCC(c3ccc(O)cc3)CC2)c(F)c1. The Morgan fingerprint density at radius 1 is 1.13 bits per heavy atom. The van der Waals surface area contributed by atoms with Crippen molar-refractivity contribution in [2.24, 2.45) is 0 Å². The van der Waals surface area contributed by atoms with Crippen molar-refractivity contribution < 1.29 is 14.4 Å². The smallest absolute Gasteiger partial charge is 0.272 e. The lowest BCUT2D eigenvalue weighted by molar-refractivity contribution is -0.385. The molecule has 1 saturated heterocycles. The van der Waals surface area contributed by atoms with E-state index in [1.165, 1.54) is 17.7 Å². The van der Waals surface area contributed by atoms with Crippen LogP contribution in [-0.2, 0) is 0 Å². The lowest BCUT2D eigenvalue weighted by atomic mass is 9.89. The summed E-state index contributed by atoms with van der Waals surface area (Å²) in [7, 11) is 0. The molecule has 0 spiro atoms. The van der Waals surface area contributed by atoms with Gasteiger partial charge in [0, 0.05) is 19.2 Å². The van der Waals surface area contributed by atoms with Crippen LogP contribution in [-0.4, -0.2) is 23.1 Å². The normalized spacial score (nSPS) is 15.6. The zero-order valence-electron chi connectivity index (χ0n) is 12.5. The number of anilines is 1. The number of rotatable bonds is 3. The van der Waals surface area contributed by atoms with E-state index in [1.807, 2.05) is 17.0 Å². The first-order valence-corrected chi connectivity index (χ1v) is 7.52. The predicted molar refractivity (Wildman–Crippen MR) is 85.3 cm³/mol. The maximum absolute atomic E-state index is 14.1. The summed E-state index contributed by atoms with van der Waals surface area (Å²) < 4.78 is 14.1. The van der Waals surface area contributed by atoms with Gasteiger partial charge in [-0.1, -0.05) is 12.1 Å². The number of phenols is 1. The van der Waals surface area contributed by atoms with Gasteiger partial charge in [0.25, 0.3) is 5.69 Å². The number of hydrogen-bond donors (Lipinski definition) is 1. The Labute approximate surface area is 133 Å². The summed E-state index contributed by atoms with van der Waals surface area (Å²) in [6.07, 6.45) is 1.75. The number of benzene rings is 2. The van der Waals surface area contributed by atoms with Crippen molar-refractivity contribution in [2.75, 3.05) is 18.0 Å². The average Bonchev–Trinajstić information content (AvgIpc) is 2.56. The van der Waals surface area contributed by atoms with Gasteiger partial charge in [0.15, 0.2) is 5.82 Å². The standard InChI is InChI=1S/C17H17FN2O3/c18-16-11-14(20(22)23)3-6-17(16)19-9-7-13(8-10-19)12-1-4-15(21)5-2-12/h1-6,11,13,21H,7-10H2. The van der Waals surface area contributed by atoms with Gasteiger partial charge in [-0.15, -0.1) is 0 Å². The molecular formula is C17H17FN2O3. The van der Waals surface area contributed by atoms with Gasteiger partial charge in [-0.25, -0.2) is 4.39 Å². The number of piperidine rings is 1. The number of aromatic hydroxyl groups is 1. The van der Waals surface area contributed by atoms with Crippen molar-refractivity contribution >= 4 is 11.4 Å². The number of nitrogens with zero attached hydrogens (tertiary/aromatic N) is 2. The molecule has 0 bridgehead atoms. The molecule has 3 rings (SSSR count). The van der Waals surface area contributed by atoms with Gasteiger partial charge in [0.2, 0.25) is 0 Å². The van der Waals surface area contributed by atoms with Gasteiger partial charge in [-0.3, -0.25) is 10.1 Å². The molecule has 0 aromatic heterocycles. The zero-order valence-corrected chi connectivity index (χ0v) is 12.5. The molecule has 0 unspecified atom stereocenters. The Morgan fingerprint density at radius 3 is 2.35 bits per heavy atom. The minimum Gasteiger partial charge on any atom is -0.508 e. The van der Waals surface area contributed by atoms with Gasteiger partial charge < -0.3 is 10.0 Å². The van der Waals surface area contributed by atoms with Crippen LogP contribution in [0.4, 0.5) is 15.8 Å². The molecule has 1 heterocycles. The van der Waals surface area contributed by atoms with Crippen LogP contribution in [0, 0.1) is 15.9 Å². The summed E-state index contributed by atoms with van der Waals surface area (Å²) >= 11 is 0. The summed E-state index contributed by atoms with van der Waals surface area (Å²) in [6, 6.07) is 11.0. The largest absolute Gasteiger partial charge is 0.508 e. The first kappa shape index (κ1) is 15.3. The Kier molecular flexibility index (Phi) is 4.14. The van der Waals surface area contributed by atoms with Crippen molar-refractivity contribution in [3.05, 3.63) is 64.0 Å². The maximum Gasteiger partial charge on any atom is 0.272 e. The molecule has 5 nitrogen and oxygen atoms in total. The second kappa shape index (κ2) is 6.24. The summed E-state index contributed by atoms with van der Waals surface area (Å²) in [4.78, 5) is 12.0. The summed E-state index contributed by atoms with van der Waals surface area (Å²) in [6.45, 7) is 1.39. The van der Waals surface area contributed by atoms with Gasteiger partial charge in [0.05, 0.1) is 16.7 Å². The molecule has 0 saturated carbocycles. The molecule has 2 aromatic carbocycles. The quantitative estimate of drug-likeness (QED) is 0.690. The van der Waals surface area contributed by atoms with Gasteiger partial charge >= 0.3 is 0 Å². The minimum atomic E-state index is -0.593. The van der Waals surface area contributed by atoms with Crippen molar-refractivity contribution in [3.63, 3.8) is 0 Å². The number of nitro benzene ring substituents is 1. The highest BCUT2D eigenvalue weighted by molar-refractivity contribution is 5.52. The summed E-state index contributed by atoms with van der Waals surface area (Å²) in [5, 5.41) is 20.0. The van der Waals surface area contributed by atoms with Crippen molar-refractivity contribution in [3.8, 4) is 5.75 Å². The predicted octanol–water partition coefficient (Wildman–Crippen LogP) is 3.82. The number of nitro groups is 1. The third kappa shape index (κ3) is 3.26. The van der Waals surface area contributed by atoms with Gasteiger partial charge in [-0.05, 0) is 42.5 Å². The monoisotopic (exact) mass is 316 g/mol. The van der Waals surface area contributed by atoms with Crippen molar-refractivity contribution in [2.45, 2.75) is 18.8 Å². The zero-order chi connectivity index (χ0) is 16.4. The van der Waals surface area contributed by atoms with Crippen LogP contribution in [0.15, 0.2) is 42.5 Å². The van der Waals surface area contributed by atoms with E-state index in [9.17, 15) is 19.6 Å². The molecule has 1 aliphatic heterocycles. The first-order chi connectivity index (χ1) is 11.0. The number of non-ortho nitro benzene ring substituents is 1. The average molecular weight is 316 g/mol. The first-order valence-electron chi connectivity index (χ1n) is 7.52. The highest BCUT2D eigenvalue weighted by Gasteiger charge is 2.23. The van der Waals surface area contributed by atoms with E-state index >= 15 is 0 Å². The molecular weight excluding hydrogens is 299 g/mol. The Morgan fingerprint density at radius 2 is 1.78 bits per heavy atom. The van der Waals surface area contributed by atoms with E-state index in [2.05, 4.69) is 0 Å². The molecule has 1 aliphatic rings. The van der Waals surface area contributed by atoms with E-state index < -0.39 is 10.7 Å². The summed E-state index contributed by atoms with van der Waals surface area (Å²) in [5.74, 6) is 0.0781. The Bertz CT molecular complexity index is 710. The van der Waals surface area contributed by atoms with E-state index in [1.54, 1.807) is 12.1 Å². The van der Waals surface area contributed by atoms with Gasteiger partial charge in [-0.2, -0.15) is 0 Å². The Hall–Kier alpha value is -2.63. The van der Waals surface area contributed by atoms with Gasteiger partial charge in [0.1, 0.15) is 5.75 Å². The molecule has 6 heteroatoms. The van der Waals surface area contributed by atoms with E-state index in [0.717, 1.165) is 18.9 Å². The number of halogens is 1. The van der Waals surface area contributed by atoms with Crippen molar-refractivity contribution in [1.82, 2.24) is 0 Å². The molecule has 0 amide bonds. The molecule has 2 aromatic rings. The van der Waals surface area contributed by atoms with E-state index in [4.69, 9.17) is 0 Å². The summed E-state index contributed by atoms with van der Waals surface area (Å²) in [5.41, 5.74) is 1.36. The molecule has 0 radical (unpaired) electrons. The molecule has 0 aliphatic carbocycles. The fourth-order valence-corrected chi connectivity index (χ4v) is 3.07. The van der Waals surface area contributed by atoms with Crippen LogP contribution in [0.25, 0.3) is 0 Å². The van der Waals surface area contributed by atoms with Crippen LogP contribution >= 0.6 is 0 Å². The lowest BCUT2D eigenvalue weighted by Gasteiger charge is -2.34. The van der Waals surface area contributed by atoms with E-state index in [0.29, 0.717) is 24.7 Å². The van der Waals surface area contributed by atoms with Crippen LogP contribution in [0.2, 0.25) is 0 Å². The molecule has 0 atom stereocenters. The maximum atomic E-state index is 14.1. The highest BCUT2D eigenvalue weighted by atomic mass is 19.1. The third-order valence-corrected chi connectivity index (χ3v) is 4.34. The molecule has 1 N–H and O–H groups in total. The number of phenolic OH excluding ortho intramolecular Hbond substituents is 1. The fourth-order valence-electron chi connectivity index (χ4n) is 3.07. The van der Waals surface area contributed by atoms with Crippen LogP contribution in [0.5, 0.6) is 5.75 Å². The second-order valence-electron chi connectivity index (χ2n) is 5.75. The lowest BCUT2D eigenvalue weighted by Crippen LogP contribution is -2.33. The fraction of sp³-hybridized carbons (Fsp3) is 0.294. The topological polar surface area (TPSA) is 66.6 Å². The van der Waals surface area contributed by atoms with Crippen LogP contribution < -0.4 is 4.90 Å². The molecule has 1 fully saturated rings. The van der Waals surface area contributed by atoms with E-state index in [-0.39, 0.29) is 11.4 Å². The third-order valence-electron chi connectivity index (χ3n) is 4.34. The highest BCUT2D eigenvalue weighted by Crippen LogP contribution is 2.33.